The van der Waals surface area contributed by atoms with Gasteiger partial charge in [-0.1, -0.05) is 47.5 Å². The van der Waals surface area contributed by atoms with Crippen LogP contribution in [0.2, 0.25) is 5.02 Å². The van der Waals surface area contributed by atoms with Crippen molar-refractivity contribution in [3.05, 3.63) is 64.2 Å². The van der Waals surface area contributed by atoms with Gasteiger partial charge < -0.3 is 10.4 Å². The normalized spacial score (nSPS) is 10.3. The molecule has 2 N–H and O–H groups in total. The zero-order valence-corrected chi connectivity index (χ0v) is 11.9. The van der Waals surface area contributed by atoms with E-state index in [1.165, 1.54) is 11.1 Å². The van der Waals surface area contributed by atoms with Crippen LogP contribution in [-0.2, 0) is 6.42 Å². The third kappa shape index (κ3) is 3.52. The summed E-state index contributed by atoms with van der Waals surface area (Å²) in [6.07, 6.45) is 0.827. The van der Waals surface area contributed by atoms with Crippen molar-refractivity contribution in [3.63, 3.8) is 0 Å². The lowest BCUT2D eigenvalue weighted by Crippen LogP contribution is -2.10. The number of aromatic carboxylic acids is 1. The first kappa shape index (κ1) is 14.4. The summed E-state index contributed by atoms with van der Waals surface area (Å²) in [5.41, 5.74) is 3.11. The number of rotatable bonds is 5. The average Bonchev–Trinajstić information content (AvgIpc) is 2.38. The molecule has 0 saturated carbocycles. The van der Waals surface area contributed by atoms with Crippen molar-refractivity contribution in [1.82, 2.24) is 0 Å². The summed E-state index contributed by atoms with van der Waals surface area (Å²) in [7, 11) is 0. The van der Waals surface area contributed by atoms with Gasteiger partial charge in [0.2, 0.25) is 0 Å². The third-order valence-corrected chi connectivity index (χ3v) is 3.35. The fourth-order valence-corrected chi connectivity index (χ4v) is 2.35. The van der Waals surface area contributed by atoms with E-state index >= 15 is 0 Å². The molecule has 4 heteroatoms. The average molecular weight is 290 g/mol. The second-order valence-corrected chi connectivity index (χ2v) is 5.04. The Hall–Kier alpha value is -2.00. The topological polar surface area (TPSA) is 49.3 Å². The fourth-order valence-electron chi connectivity index (χ4n) is 2.10. The lowest BCUT2D eigenvalue weighted by Gasteiger charge is -2.11. The number of carboxylic acid groups (broad SMARTS) is 1. The lowest BCUT2D eigenvalue weighted by atomic mass is 10.1. The predicted octanol–water partition coefficient (Wildman–Crippen LogP) is 4.00. The summed E-state index contributed by atoms with van der Waals surface area (Å²) in [5.74, 6) is -1.02. The van der Waals surface area contributed by atoms with Gasteiger partial charge in [-0.3, -0.25) is 0 Å². The Balaban J connectivity index is 2.05. The van der Waals surface area contributed by atoms with Crippen molar-refractivity contribution in [2.45, 2.75) is 13.3 Å². The molecule has 0 heterocycles. The van der Waals surface area contributed by atoms with Crippen LogP contribution in [0.5, 0.6) is 0 Å². The molecular formula is C16H16ClNO2. The van der Waals surface area contributed by atoms with Gasteiger partial charge in [-0.15, -0.1) is 0 Å². The SMILES string of the molecule is Cc1cccc(CCNc2cccc(Cl)c2C(=O)O)c1. The largest absolute Gasteiger partial charge is 0.478 e. The van der Waals surface area contributed by atoms with Crippen molar-refractivity contribution < 1.29 is 9.90 Å². The maximum atomic E-state index is 11.2. The van der Waals surface area contributed by atoms with Gasteiger partial charge in [0.25, 0.3) is 0 Å². The van der Waals surface area contributed by atoms with E-state index < -0.39 is 5.97 Å². The molecule has 0 radical (unpaired) electrons. The molecule has 0 aliphatic heterocycles. The number of hydrogen-bond donors (Lipinski definition) is 2. The van der Waals surface area contributed by atoms with Crippen LogP contribution in [0.4, 0.5) is 5.69 Å². The van der Waals surface area contributed by atoms with Gasteiger partial charge in [-0.2, -0.15) is 0 Å². The van der Waals surface area contributed by atoms with Crippen molar-refractivity contribution in [2.24, 2.45) is 0 Å². The molecule has 0 aromatic heterocycles. The number of carbonyl (C=O) groups is 1. The van der Waals surface area contributed by atoms with E-state index in [0.717, 1.165) is 6.42 Å². The first-order valence-electron chi connectivity index (χ1n) is 6.39. The molecule has 2 aromatic carbocycles. The van der Waals surface area contributed by atoms with E-state index in [-0.39, 0.29) is 10.6 Å². The van der Waals surface area contributed by atoms with Crippen LogP contribution >= 0.6 is 11.6 Å². The van der Waals surface area contributed by atoms with Crippen molar-refractivity contribution in [3.8, 4) is 0 Å². The van der Waals surface area contributed by atoms with Crippen molar-refractivity contribution >= 4 is 23.3 Å². The van der Waals surface area contributed by atoms with Crippen LogP contribution in [0.25, 0.3) is 0 Å². The minimum atomic E-state index is -1.02. The molecule has 0 saturated heterocycles. The zero-order valence-electron chi connectivity index (χ0n) is 11.2. The number of anilines is 1. The molecule has 104 valence electrons. The molecule has 2 aromatic rings. The Morgan fingerprint density at radius 1 is 1.25 bits per heavy atom. The number of halogens is 1. The summed E-state index contributed by atoms with van der Waals surface area (Å²) in [6, 6.07) is 13.3. The van der Waals surface area contributed by atoms with Gasteiger partial charge in [0.05, 0.1) is 10.7 Å². The molecule has 0 spiro atoms. The predicted molar refractivity (Wildman–Crippen MR) is 81.8 cm³/mol. The standard InChI is InChI=1S/C16H16ClNO2/c1-11-4-2-5-12(10-11)8-9-18-14-7-3-6-13(17)15(14)16(19)20/h2-7,10,18H,8-9H2,1H3,(H,19,20). The molecular weight excluding hydrogens is 274 g/mol. The van der Waals surface area contributed by atoms with E-state index in [2.05, 4.69) is 30.4 Å². The van der Waals surface area contributed by atoms with Crippen LogP contribution in [0.3, 0.4) is 0 Å². The Bertz CT molecular complexity index is 626. The van der Waals surface area contributed by atoms with E-state index in [1.807, 2.05) is 6.07 Å². The van der Waals surface area contributed by atoms with E-state index in [4.69, 9.17) is 11.6 Å². The Kier molecular flexibility index (Phi) is 4.64. The number of nitrogens with one attached hydrogen (secondary N) is 1. The molecule has 0 bridgehead atoms. The van der Waals surface area contributed by atoms with Crippen molar-refractivity contribution in [2.75, 3.05) is 11.9 Å². The minimum Gasteiger partial charge on any atom is -0.478 e. The molecule has 0 aliphatic rings. The van der Waals surface area contributed by atoms with Crippen LogP contribution in [0, 0.1) is 6.92 Å². The van der Waals surface area contributed by atoms with Gasteiger partial charge in [0.1, 0.15) is 5.56 Å². The monoisotopic (exact) mass is 289 g/mol. The summed E-state index contributed by atoms with van der Waals surface area (Å²) in [5, 5.41) is 12.6. The first-order valence-corrected chi connectivity index (χ1v) is 6.77. The molecule has 0 unspecified atom stereocenters. The molecule has 0 fully saturated rings. The molecule has 0 aliphatic carbocycles. The molecule has 2 rings (SSSR count). The summed E-state index contributed by atoms with van der Waals surface area (Å²) in [4.78, 5) is 11.2. The Morgan fingerprint density at radius 2 is 2.00 bits per heavy atom. The molecule has 0 atom stereocenters. The smallest absolute Gasteiger partial charge is 0.339 e. The fraction of sp³-hybridized carbons (Fsp3) is 0.188. The second-order valence-electron chi connectivity index (χ2n) is 4.63. The molecule has 3 nitrogen and oxygen atoms in total. The zero-order chi connectivity index (χ0) is 14.5. The van der Waals surface area contributed by atoms with Crippen LogP contribution in [0.15, 0.2) is 42.5 Å². The van der Waals surface area contributed by atoms with E-state index in [1.54, 1.807) is 18.2 Å². The summed E-state index contributed by atoms with van der Waals surface area (Å²) < 4.78 is 0. The number of carboxylic acids is 1. The maximum absolute atomic E-state index is 11.2. The van der Waals surface area contributed by atoms with E-state index in [9.17, 15) is 9.90 Å². The lowest BCUT2D eigenvalue weighted by molar-refractivity contribution is 0.0698. The minimum absolute atomic E-state index is 0.124. The summed E-state index contributed by atoms with van der Waals surface area (Å²) in [6.45, 7) is 2.71. The van der Waals surface area contributed by atoms with Gasteiger partial charge >= 0.3 is 5.97 Å². The van der Waals surface area contributed by atoms with Crippen LogP contribution in [-0.4, -0.2) is 17.6 Å². The first-order chi connectivity index (χ1) is 9.58. The Labute approximate surface area is 123 Å². The quantitative estimate of drug-likeness (QED) is 0.874. The maximum Gasteiger partial charge on any atom is 0.339 e. The van der Waals surface area contributed by atoms with Gasteiger partial charge in [0.15, 0.2) is 0 Å². The van der Waals surface area contributed by atoms with Crippen LogP contribution in [0.1, 0.15) is 21.5 Å². The number of hydrogen-bond acceptors (Lipinski definition) is 2. The third-order valence-electron chi connectivity index (χ3n) is 3.04. The highest BCUT2D eigenvalue weighted by Gasteiger charge is 2.13. The highest BCUT2D eigenvalue weighted by atomic mass is 35.5. The number of aryl methyl sites for hydroxylation is 1. The van der Waals surface area contributed by atoms with Gasteiger partial charge in [-0.05, 0) is 31.0 Å². The second kappa shape index (κ2) is 6.44. The highest BCUT2D eigenvalue weighted by molar-refractivity contribution is 6.34. The molecule has 20 heavy (non-hydrogen) atoms. The number of benzene rings is 2. The van der Waals surface area contributed by atoms with Crippen LogP contribution < -0.4 is 5.32 Å². The van der Waals surface area contributed by atoms with Gasteiger partial charge in [0, 0.05) is 6.54 Å². The summed E-state index contributed by atoms with van der Waals surface area (Å²) >= 11 is 5.92. The van der Waals surface area contributed by atoms with Gasteiger partial charge in [-0.25, -0.2) is 4.79 Å². The van der Waals surface area contributed by atoms with Crippen molar-refractivity contribution in [1.29, 1.82) is 0 Å². The van der Waals surface area contributed by atoms with E-state index in [0.29, 0.717) is 12.2 Å². The Morgan fingerprint density at radius 3 is 2.70 bits per heavy atom. The highest BCUT2D eigenvalue weighted by Crippen LogP contribution is 2.24. The molecule has 0 amide bonds.